The second-order valence-electron chi connectivity index (χ2n) is 5.75. The number of halogens is 3. The minimum absolute atomic E-state index is 0.0833. The highest BCUT2D eigenvalue weighted by atomic mass is 32.2. The summed E-state index contributed by atoms with van der Waals surface area (Å²) >= 11 is 1.02. The van der Waals surface area contributed by atoms with E-state index in [0.717, 1.165) is 23.4 Å². The number of aromatic nitrogens is 2. The van der Waals surface area contributed by atoms with Gasteiger partial charge >= 0.3 is 6.18 Å². The number of nitrogens with zero attached hydrogens (tertiary/aromatic N) is 3. The molecule has 0 atom stereocenters. The van der Waals surface area contributed by atoms with Crippen molar-refractivity contribution in [3.05, 3.63) is 71.4 Å². The first-order valence-electron chi connectivity index (χ1n) is 8.27. The van der Waals surface area contributed by atoms with Gasteiger partial charge in [-0.15, -0.1) is 0 Å². The second-order valence-corrected chi connectivity index (χ2v) is 6.70. The Balaban J connectivity index is 1.86. The zero-order chi connectivity index (χ0) is 20.9. The molecular weight excluding hydrogens is 403 g/mol. The van der Waals surface area contributed by atoms with Gasteiger partial charge in [0, 0.05) is 17.9 Å². The van der Waals surface area contributed by atoms with E-state index in [2.05, 4.69) is 9.97 Å². The third kappa shape index (κ3) is 5.62. The Morgan fingerprint density at radius 3 is 2.52 bits per heavy atom. The van der Waals surface area contributed by atoms with Gasteiger partial charge in [-0.1, -0.05) is 30.0 Å². The van der Waals surface area contributed by atoms with Crippen LogP contribution in [0.3, 0.4) is 0 Å². The lowest BCUT2D eigenvalue weighted by atomic mass is 10.2. The van der Waals surface area contributed by atoms with Crippen LogP contribution in [0.25, 0.3) is 0 Å². The highest BCUT2D eigenvalue weighted by Gasteiger charge is 2.34. The Morgan fingerprint density at radius 1 is 1.03 bits per heavy atom. The number of alkyl halides is 3. The van der Waals surface area contributed by atoms with Gasteiger partial charge in [0.05, 0.1) is 18.7 Å². The third-order valence-electron chi connectivity index (χ3n) is 3.66. The number of hydrogen-bond donors (Lipinski definition) is 0. The van der Waals surface area contributed by atoms with Gasteiger partial charge in [0.1, 0.15) is 11.5 Å². The lowest BCUT2D eigenvalue weighted by Crippen LogP contribution is -2.10. The largest absolute Gasteiger partial charge is 0.497 e. The first kappa shape index (κ1) is 20.5. The van der Waals surface area contributed by atoms with E-state index in [4.69, 9.17) is 14.7 Å². The molecule has 5 nitrogen and oxygen atoms in total. The van der Waals surface area contributed by atoms with Crippen molar-refractivity contribution in [3.8, 4) is 23.4 Å². The topological polar surface area (TPSA) is 68.0 Å². The van der Waals surface area contributed by atoms with Gasteiger partial charge in [0.15, 0.2) is 10.9 Å². The second kappa shape index (κ2) is 8.84. The van der Waals surface area contributed by atoms with Crippen LogP contribution in [-0.4, -0.2) is 17.1 Å². The van der Waals surface area contributed by atoms with Gasteiger partial charge < -0.3 is 9.47 Å². The average molecular weight is 417 g/mol. The molecule has 0 spiro atoms. The molecule has 3 rings (SSSR count). The van der Waals surface area contributed by atoms with Crippen molar-refractivity contribution in [2.24, 2.45) is 0 Å². The summed E-state index contributed by atoms with van der Waals surface area (Å²) < 4.78 is 50.3. The summed E-state index contributed by atoms with van der Waals surface area (Å²) in [6.45, 7) is 0. The molecule has 0 saturated carbocycles. The van der Waals surface area contributed by atoms with Crippen LogP contribution in [-0.2, 0) is 11.9 Å². The molecule has 0 aliphatic rings. The fourth-order valence-electron chi connectivity index (χ4n) is 2.33. The van der Waals surface area contributed by atoms with Gasteiger partial charge in [0.25, 0.3) is 0 Å². The van der Waals surface area contributed by atoms with E-state index in [-0.39, 0.29) is 16.8 Å². The SMILES string of the molecule is COc1cccc(Oc2cc(C(F)(F)F)nc(SCc3cccc(C#N)c3)n2)c1. The van der Waals surface area contributed by atoms with E-state index in [1.54, 1.807) is 42.5 Å². The summed E-state index contributed by atoms with van der Waals surface area (Å²) in [5.41, 5.74) is 0.138. The number of thioether (sulfide) groups is 1. The summed E-state index contributed by atoms with van der Waals surface area (Å²) in [6, 6.07) is 16.0. The minimum atomic E-state index is -4.65. The van der Waals surface area contributed by atoms with Crippen molar-refractivity contribution in [1.29, 1.82) is 5.26 Å². The van der Waals surface area contributed by atoms with Crippen molar-refractivity contribution >= 4 is 11.8 Å². The Kier molecular flexibility index (Phi) is 6.24. The summed E-state index contributed by atoms with van der Waals surface area (Å²) in [4.78, 5) is 7.67. The first-order chi connectivity index (χ1) is 13.9. The smallest absolute Gasteiger partial charge is 0.433 e. The number of methoxy groups -OCH3 is 1. The molecule has 0 amide bonds. The molecule has 148 valence electrons. The van der Waals surface area contributed by atoms with Crippen LogP contribution in [0, 0.1) is 11.3 Å². The van der Waals surface area contributed by atoms with Crippen molar-refractivity contribution in [2.75, 3.05) is 7.11 Å². The van der Waals surface area contributed by atoms with E-state index in [1.165, 1.54) is 13.2 Å². The van der Waals surface area contributed by atoms with E-state index >= 15 is 0 Å². The molecule has 0 fully saturated rings. The molecule has 1 aromatic heterocycles. The lowest BCUT2D eigenvalue weighted by molar-refractivity contribution is -0.141. The van der Waals surface area contributed by atoms with Crippen LogP contribution in [0.15, 0.2) is 59.8 Å². The zero-order valence-corrected chi connectivity index (χ0v) is 15.9. The number of hydrogen-bond acceptors (Lipinski definition) is 6. The van der Waals surface area contributed by atoms with Gasteiger partial charge in [0.2, 0.25) is 5.88 Å². The van der Waals surface area contributed by atoms with E-state index in [0.29, 0.717) is 17.1 Å². The first-order valence-corrected chi connectivity index (χ1v) is 9.26. The van der Waals surface area contributed by atoms with Crippen LogP contribution >= 0.6 is 11.8 Å². The van der Waals surface area contributed by atoms with E-state index < -0.39 is 11.9 Å². The van der Waals surface area contributed by atoms with Crippen LogP contribution in [0.4, 0.5) is 13.2 Å². The minimum Gasteiger partial charge on any atom is -0.497 e. The van der Waals surface area contributed by atoms with E-state index in [9.17, 15) is 13.2 Å². The molecule has 9 heteroatoms. The zero-order valence-electron chi connectivity index (χ0n) is 15.1. The van der Waals surface area contributed by atoms with Crippen molar-refractivity contribution in [2.45, 2.75) is 17.1 Å². The predicted octanol–water partition coefficient (Wildman–Crippen LogP) is 5.46. The molecule has 29 heavy (non-hydrogen) atoms. The predicted molar refractivity (Wildman–Crippen MR) is 101 cm³/mol. The number of benzene rings is 2. The van der Waals surface area contributed by atoms with Crippen LogP contribution in [0.5, 0.6) is 17.4 Å². The van der Waals surface area contributed by atoms with Crippen LogP contribution in [0.1, 0.15) is 16.8 Å². The molecule has 0 saturated heterocycles. The third-order valence-corrected chi connectivity index (χ3v) is 4.58. The highest BCUT2D eigenvalue weighted by molar-refractivity contribution is 7.98. The maximum atomic E-state index is 13.3. The average Bonchev–Trinajstić information content (AvgIpc) is 2.72. The molecular formula is C20H14F3N3O2S. The Bertz CT molecular complexity index is 1050. The summed E-state index contributed by atoms with van der Waals surface area (Å²) in [5, 5.41) is 8.87. The van der Waals surface area contributed by atoms with Gasteiger partial charge in [-0.2, -0.15) is 23.4 Å². The highest BCUT2D eigenvalue weighted by Crippen LogP contribution is 2.33. The molecule has 2 aromatic carbocycles. The maximum Gasteiger partial charge on any atom is 0.433 e. The monoisotopic (exact) mass is 417 g/mol. The van der Waals surface area contributed by atoms with Crippen LogP contribution < -0.4 is 9.47 Å². The van der Waals surface area contributed by atoms with Gasteiger partial charge in [-0.25, -0.2) is 4.98 Å². The normalized spacial score (nSPS) is 11.0. The Morgan fingerprint density at radius 2 is 1.79 bits per heavy atom. The molecule has 0 bridgehead atoms. The molecule has 1 heterocycles. The van der Waals surface area contributed by atoms with Crippen molar-refractivity contribution < 1.29 is 22.6 Å². The van der Waals surface area contributed by atoms with Crippen molar-refractivity contribution in [1.82, 2.24) is 9.97 Å². The van der Waals surface area contributed by atoms with Crippen LogP contribution in [0.2, 0.25) is 0 Å². The molecule has 0 N–H and O–H groups in total. The van der Waals surface area contributed by atoms with Gasteiger partial charge in [-0.05, 0) is 29.8 Å². The maximum absolute atomic E-state index is 13.3. The summed E-state index contributed by atoms with van der Waals surface area (Å²) in [7, 11) is 1.47. The molecule has 0 radical (unpaired) electrons. The van der Waals surface area contributed by atoms with E-state index in [1.807, 2.05) is 6.07 Å². The quantitative estimate of drug-likeness (QED) is 0.392. The lowest BCUT2D eigenvalue weighted by Gasteiger charge is -2.11. The van der Waals surface area contributed by atoms with Crippen molar-refractivity contribution in [3.63, 3.8) is 0 Å². The molecule has 3 aromatic rings. The van der Waals surface area contributed by atoms with Gasteiger partial charge in [-0.3, -0.25) is 0 Å². The standard InChI is InChI=1S/C20H14F3N3O2S/c1-27-15-6-3-7-16(9-15)28-18-10-17(20(21,22)23)25-19(26-18)29-12-14-5-2-4-13(8-14)11-24/h2-10H,12H2,1H3. The molecule has 0 aliphatic heterocycles. The molecule has 0 aliphatic carbocycles. The molecule has 0 unspecified atom stereocenters. The number of ether oxygens (including phenoxy) is 2. The fourth-order valence-corrected chi connectivity index (χ4v) is 3.12. The summed E-state index contributed by atoms with van der Waals surface area (Å²) in [6.07, 6.45) is -4.65. The number of rotatable bonds is 6. The summed E-state index contributed by atoms with van der Waals surface area (Å²) in [5.74, 6) is 0.859. The fraction of sp³-hybridized carbons (Fsp3) is 0.150. The Labute approximate surface area is 169 Å². The number of nitriles is 1. The Hall–Kier alpha value is -3.25.